The predicted octanol–water partition coefficient (Wildman–Crippen LogP) is 3.74. The third kappa shape index (κ3) is 5.32. The van der Waals surface area contributed by atoms with Crippen LogP contribution in [-0.2, 0) is 32.5 Å². The van der Waals surface area contributed by atoms with Gasteiger partial charge in [0, 0.05) is 38.2 Å². The van der Waals surface area contributed by atoms with Crippen LogP contribution in [0.5, 0.6) is 0 Å². The van der Waals surface area contributed by atoms with Gasteiger partial charge in [0.25, 0.3) is 0 Å². The topological polar surface area (TPSA) is 93.5 Å². The van der Waals surface area contributed by atoms with Crippen molar-refractivity contribution < 1.29 is 17.9 Å². The molecule has 1 N–H and O–H groups in total. The van der Waals surface area contributed by atoms with E-state index < -0.39 is 10.0 Å². The van der Waals surface area contributed by atoms with E-state index in [0.717, 1.165) is 42.0 Å². The van der Waals surface area contributed by atoms with E-state index >= 15 is 0 Å². The number of nitrogens with one attached hydrogen (secondary N) is 1. The molecule has 1 aliphatic heterocycles. The Kier molecular flexibility index (Phi) is 7.65. The van der Waals surface area contributed by atoms with Crippen LogP contribution in [0, 0.1) is 6.92 Å². The summed E-state index contributed by atoms with van der Waals surface area (Å²) in [6.07, 6.45) is 2.77. The number of unbranched alkanes of at least 4 members (excludes halogenated alkanes) is 1. The number of sulfonamides is 1. The molecule has 182 valence electrons. The molecular weight excluding hydrogens is 452 g/mol. The summed E-state index contributed by atoms with van der Waals surface area (Å²) in [6, 6.07) is 12.8. The second-order valence-corrected chi connectivity index (χ2v) is 10.5. The Balaban J connectivity index is 1.56. The Morgan fingerprint density at radius 3 is 2.65 bits per heavy atom. The molecule has 0 bridgehead atoms. The van der Waals surface area contributed by atoms with Crippen LogP contribution in [0.2, 0.25) is 0 Å². The molecule has 0 spiro atoms. The fourth-order valence-corrected chi connectivity index (χ4v) is 5.59. The van der Waals surface area contributed by atoms with Crippen molar-refractivity contribution in [3.63, 3.8) is 0 Å². The van der Waals surface area contributed by atoms with Gasteiger partial charge in [0.15, 0.2) is 0 Å². The molecule has 4 rings (SSSR count). The number of carbonyl (C=O) groups excluding carboxylic acids is 1. The van der Waals surface area contributed by atoms with Gasteiger partial charge in [-0.2, -0.15) is 4.31 Å². The number of ether oxygens (including phenoxy) is 1. The molecule has 2 heterocycles. The molecule has 8 nitrogen and oxygen atoms in total. The molecular formula is C25H32N4O4S. The summed E-state index contributed by atoms with van der Waals surface area (Å²) < 4.78 is 35.1. The number of hydrogen-bond donors (Lipinski definition) is 1. The van der Waals surface area contributed by atoms with Crippen LogP contribution in [0.15, 0.2) is 47.4 Å². The van der Waals surface area contributed by atoms with Crippen LogP contribution in [0.25, 0.3) is 11.0 Å². The van der Waals surface area contributed by atoms with Crippen LogP contribution in [0.1, 0.15) is 37.6 Å². The normalized spacial score (nSPS) is 15.0. The zero-order chi connectivity index (χ0) is 24.1. The van der Waals surface area contributed by atoms with E-state index in [0.29, 0.717) is 44.7 Å². The van der Waals surface area contributed by atoms with Crippen LogP contribution in [0.4, 0.5) is 5.69 Å². The van der Waals surface area contributed by atoms with Gasteiger partial charge in [0.05, 0.1) is 29.1 Å². The minimum Gasteiger partial charge on any atom is -0.379 e. The number of fused-ring (bicyclic) bond motifs is 1. The van der Waals surface area contributed by atoms with Gasteiger partial charge in [0.1, 0.15) is 5.82 Å². The standard InChI is InChI=1S/C25H32N4O4S/c1-3-4-13-29-23-10-9-20(34(31,32)28-14-16-33-17-15-28)18-22(23)26-24(29)11-12-25(30)27-21-8-6-5-7-19(21)2/h5-10,18H,3-4,11-17H2,1-2H3,(H,27,30). The van der Waals surface area contributed by atoms with Crippen LogP contribution >= 0.6 is 0 Å². The number of aromatic nitrogens is 2. The van der Waals surface area contributed by atoms with Gasteiger partial charge >= 0.3 is 0 Å². The maximum atomic E-state index is 13.1. The van der Waals surface area contributed by atoms with Crippen molar-refractivity contribution in [1.29, 1.82) is 0 Å². The van der Waals surface area contributed by atoms with E-state index in [1.165, 1.54) is 4.31 Å². The molecule has 1 fully saturated rings. The second kappa shape index (κ2) is 10.7. The van der Waals surface area contributed by atoms with Crippen molar-refractivity contribution in [3.8, 4) is 0 Å². The molecule has 34 heavy (non-hydrogen) atoms. The number of amides is 1. The lowest BCUT2D eigenvalue weighted by atomic mass is 10.2. The van der Waals surface area contributed by atoms with Gasteiger partial charge < -0.3 is 14.6 Å². The molecule has 1 aliphatic rings. The first-order valence-corrected chi connectivity index (χ1v) is 13.3. The van der Waals surface area contributed by atoms with Gasteiger partial charge in [-0.05, 0) is 43.2 Å². The highest BCUT2D eigenvalue weighted by Crippen LogP contribution is 2.25. The summed E-state index contributed by atoms with van der Waals surface area (Å²) in [4.78, 5) is 17.6. The molecule has 2 aromatic carbocycles. The van der Waals surface area contributed by atoms with Crippen molar-refractivity contribution in [2.45, 2.75) is 51.0 Å². The maximum absolute atomic E-state index is 13.1. The number of aryl methyl sites for hydroxylation is 3. The molecule has 0 saturated carbocycles. The summed E-state index contributed by atoms with van der Waals surface area (Å²) in [5, 5.41) is 2.97. The molecule has 1 aromatic heterocycles. The van der Waals surface area contributed by atoms with Crippen molar-refractivity contribution in [1.82, 2.24) is 13.9 Å². The Bertz CT molecular complexity index is 1260. The quantitative estimate of drug-likeness (QED) is 0.499. The minimum absolute atomic E-state index is 0.0704. The SMILES string of the molecule is CCCCn1c(CCC(=O)Nc2ccccc2C)nc2cc(S(=O)(=O)N3CCOCC3)ccc21. The monoisotopic (exact) mass is 484 g/mol. The number of anilines is 1. The zero-order valence-corrected chi connectivity index (χ0v) is 20.6. The molecule has 9 heteroatoms. The molecule has 3 aromatic rings. The van der Waals surface area contributed by atoms with Crippen molar-refractivity contribution >= 4 is 32.7 Å². The molecule has 0 atom stereocenters. The van der Waals surface area contributed by atoms with E-state index in [1.54, 1.807) is 12.1 Å². The van der Waals surface area contributed by atoms with Crippen molar-refractivity contribution in [2.75, 3.05) is 31.6 Å². The molecule has 0 unspecified atom stereocenters. The fraction of sp³-hybridized carbons (Fsp3) is 0.440. The van der Waals surface area contributed by atoms with Crippen molar-refractivity contribution in [3.05, 3.63) is 53.9 Å². The van der Waals surface area contributed by atoms with Gasteiger partial charge in [-0.1, -0.05) is 31.5 Å². The summed E-state index contributed by atoms with van der Waals surface area (Å²) in [7, 11) is -3.60. The zero-order valence-electron chi connectivity index (χ0n) is 19.8. The highest BCUT2D eigenvalue weighted by molar-refractivity contribution is 7.89. The highest BCUT2D eigenvalue weighted by atomic mass is 32.2. The van der Waals surface area contributed by atoms with Gasteiger partial charge in [-0.15, -0.1) is 0 Å². The van der Waals surface area contributed by atoms with E-state index in [1.807, 2.05) is 37.3 Å². The van der Waals surface area contributed by atoms with Gasteiger partial charge in [0.2, 0.25) is 15.9 Å². The summed E-state index contributed by atoms with van der Waals surface area (Å²) in [6.45, 7) is 6.38. The average Bonchev–Trinajstić information content (AvgIpc) is 3.20. The lowest BCUT2D eigenvalue weighted by Crippen LogP contribution is -2.40. The molecule has 0 aliphatic carbocycles. The van der Waals surface area contributed by atoms with E-state index in [9.17, 15) is 13.2 Å². The lowest BCUT2D eigenvalue weighted by Gasteiger charge is -2.26. The first-order valence-electron chi connectivity index (χ1n) is 11.8. The summed E-state index contributed by atoms with van der Waals surface area (Å²) in [5.41, 5.74) is 3.36. The average molecular weight is 485 g/mol. The maximum Gasteiger partial charge on any atom is 0.243 e. The summed E-state index contributed by atoms with van der Waals surface area (Å²) >= 11 is 0. The number of morpholine rings is 1. The van der Waals surface area contributed by atoms with Gasteiger partial charge in [-0.3, -0.25) is 4.79 Å². The van der Waals surface area contributed by atoms with Crippen LogP contribution in [-0.4, -0.2) is 54.5 Å². The number of hydrogen-bond acceptors (Lipinski definition) is 5. The largest absolute Gasteiger partial charge is 0.379 e. The number of para-hydroxylation sites is 1. The lowest BCUT2D eigenvalue weighted by molar-refractivity contribution is -0.116. The molecule has 0 radical (unpaired) electrons. The Morgan fingerprint density at radius 2 is 1.91 bits per heavy atom. The highest BCUT2D eigenvalue weighted by Gasteiger charge is 2.27. The number of imidazole rings is 1. The molecule has 1 amide bonds. The number of benzene rings is 2. The number of nitrogens with zero attached hydrogens (tertiary/aromatic N) is 3. The summed E-state index contributed by atoms with van der Waals surface area (Å²) in [5.74, 6) is 0.725. The van der Waals surface area contributed by atoms with Crippen molar-refractivity contribution in [2.24, 2.45) is 0 Å². The third-order valence-corrected chi connectivity index (χ3v) is 8.03. The Hall–Kier alpha value is -2.75. The smallest absolute Gasteiger partial charge is 0.243 e. The van der Waals surface area contributed by atoms with E-state index in [-0.39, 0.29) is 10.8 Å². The van der Waals surface area contributed by atoms with Crippen LogP contribution < -0.4 is 5.32 Å². The predicted molar refractivity (Wildman–Crippen MR) is 132 cm³/mol. The fourth-order valence-electron chi connectivity index (χ4n) is 4.16. The van der Waals surface area contributed by atoms with Gasteiger partial charge in [-0.25, -0.2) is 13.4 Å². The third-order valence-electron chi connectivity index (χ3n) is 6.14. The minimum atomic E-state index is -3.60. The van der Waals surface area contributed by atoms with Crippen LogP contribution in [0.3, 0.4) is 0 Å². The molecule has 1 saturated heterocycles. The number of carbonyl (C=O) groups is 1. The second-order valence-electron chi connectivity index (χ2n) is 8.56. The first kappa shape index (κ1) is 24.4. The Morgan fingerprint density at radius 1 is 1.15 bits per heavy atom. The number of rotatable bonds is 9. The van der Waals surface area contributed by atoms with E-state index in [2.05, 4.69) is 16.8 Å². The Labute approximate surface area is 201 Å². The van der Waals surface area contributed by atoms with E-state index in [4.69, 9.17) is 9.72 Å². The first-order chi connectivity index (χ1) is 16.4.